The van der Waals surface area contributed by atoms with Crippen LogP contribution in [-0.2, 0) is 143 Å². The monoisotopic (exact) mass is 1220 g/mol. The highest BCUT2D eigenvalue weighted by Crippen LogP contribution is 2.58. The van der Waals surface area contributed by atoms with Crippen molar-refractivity contribution in [1.82, 2.24) is 0 Å². The molecule has 0 aromatic heterocycles. The maximum absolute atomic E-state index is 11.9. The molecule has 10 saturated heterocycles. The molecule has 1 aromatic carbocycles. The number of benzene rings is 1. The van der Waals surface area contributed by atoms with Gasteiger partial charge in [-0.15, -0.1) is 0 Å². The van der Waals surface area contributed by atoms with Crippen molar-refractivity contribution in [2.75, 3.05) is 0 Å². The Bertz CT molecular complexity index is 3480. The third-order valence-corrected chi connectivity index (χ3v) is 19.7. The van der Waals surface area contributed by atoms with Gasteiger partial charge in [0.15, 0.2) is 0 Å². The zero-order valence-electron chi connectivity index (χ0n) is 45.0. The molecular weight excluding hydrogens is 1180 g/mol. The highest BCUT2D eigenvalue weighted by atomic mass is 16.6. The highest BCUT2D eigenvalue weighted by molar-refractivity contribution is 6.11. The molecule has 30 heteroatoms. The first-order valence-corrected chi connectivity index (χ1v) is 27.8. The molecule has 88 heavy (non-hydrogen) atoms. The Morgan fingerprint density at radius 2 is 0.602 bits per heavy atom. The van der Waals surface area contributed by atoms with Crippen LogP contribution in [0.25, 0.3) is 0 Å². The molecule has 10 aliphatic heterocycles. The van der Waals surface area contributed by atoms with E-state index >= 15 is 0 Å². The second kappa shape index (κ2) is 20.6. The number of hydrogen-bond acceptors (Lipinski definition) is 30. The van der Waals surface area contributed by atoms with E-state index in [9.17, 15) is 95.9 Å². The largest absolute Gasteiger partial charge is 0.393 e. The van der Waals surface area contributed by atoms with Crippen LogP contribution in [0.1, 0.15) is 62.0 Å². The minimum atomic E-state index is -0.804. The van der Waals surface area contributed by atoms with Gasteiger partial charge in [0.05, 0.1) is 119 Å². The summed E-state index contributed by atoms with van der Waals surface area (Å²) in [5, 5.41) is 0. The molecule has 0 amide bonds. The molecule has 17 aliphatic rings. The number of allylic oxidation sites excluding steroid dienone is 3. The van der Waals surface area contributed by atoms with E-state index in [0.29, 0.717) is 18.4 Å². The fraction of sp³-hybridized carbons (Fsp3) is 0.483. The van der Waals surface area contributed by atoms with Crippen LogP contribution < -0.4 is 0 Å². The van der Waals surface area contributed by atoms with Gasteiger partial charge in [0.2, 0.25) is 0 Å². The highest BCUT2D eigenvalue weighted by Gasteiger charge is 2.73. The predicted octanol–water partition coefficient (Wildman–Crippen LogP) is -1.51. The van der Waals surface area contributed by atoms with E-state index in [1.807, 2.05) is 12.1 Å². The van der Waals surface area contributed by atoms with Crippen molar-refractivity contribution >= 4 is 119 Å². The first-order chi connectivity index (χ1) is 41.8. The second-order valence-corrected chi connectivity index (χ2v) is 23.8. The topological polar surface area (TPSA) is 434 Å². The van der Waals surface area contributed by atoms with Crippen molar-refractivity contribution in [3.05, 3.63) is 59.2 Å². The lowest BCUT2D eigenvalue weighted by atomic mass is 9.54. The maximum Gasteiger partial charge on any atom is 0.321 e. The van der Waals surface area contributed by atoms with Crippen LogP contribution in [0.4, 0.5) is 0 Å². The number of rotatable bonds is 2. The second-order valence-electron chi connectivity index (χ2n) is 23.8. The van der Waals surface area contributed by atoms with Gasteiger partial charge in [0.25, 0.3) is 0 Å². The summed E-state index contributed by atoms with van der Waals surface area (Å²) in [5.41, 5.74) is 2.27. The summed E-state index contributed by atoms with van der Waals surface area (Å²) in [6, 6.07) is 7.21. The third kappa shape index (κ3) is 8.70. The quantitative estimate of drug-likeness (QED) is 0.141. The summed E-state index contributed by atoms with van der Waals surface area (Å²) < 4.78 is 45.4. The molecule has 18 rings (SSSR count). The van der Waals surface area contributed by atoms with Crippen molar-refractivity contribution in [1.29, 1.82) is 0 Å². The molecule has 0 spiro atoms. The fourth-order valence-electron chi connectivity index (χ4n) is 15.9. The number of fused-ring (bicyclic) bond motifs is 11. The molecule has 2 bridgehead atoms. The van der Waals surface area contributed by atoms with E-state index in [4.69, 9.17) is 4.74 Å². The number of hydrogen-bond donors (Lipinski definition) is 0. The van der Waals surface area contributed by atoms with Crippen molar-refractivity contribution < 1.29 is 143 Å². The van der Waals surface area contributed by atoms with Crippen LogP contribution in [-0.4, -0.2) is 119 Å². The Balaban J connectivity index is 0.000000102. The van der Waals surface area contributed by atoms with Crippen molar-refractivity contribution in [3.63, 3.8) is 0 Å². The molecule has 0 N–H and O–H groups in total. The first-order valence-electron chi connectivity index (χ1n) is 27.8. The lowest BCUT2D eigenvalue weighted by Gasteiger charge is -2.42. The zero-order chi connectivity index (χ0) is 62.5. The number of esters is 20. The van der Waals surface area contributed by atoms with E-state index in [1.54, 1.807) is 37.3 Å². The van der Waals surface area contributed by atoms with Gasteiger partial charge in [-0.2, -0.15) is 0 Å². The van der Waals surface area contributed by atoms with Crippen molar-refractivity contribution in [2.45, 2.75) is 50.9 Å². The molecule has 454 valence electrons. The zero-order valence-corrected chi connectivity index (χ0v) is 45.0. The average molecular weight is 1220 g/mol. The van der Waals surface area contributed by atoms with Crippen LogP contribution in [0.15, 0.2) is 48.1 Å². The summed E-state index contributed by atoms with van der Waals surface area (Å²) >= 11 is 0. The molecule has 0 radical (unpaired) electrons. The molecule has 3 saturated carbocycles. The van der Waals surface area contributed by atoms with Crippen LogP contribution in [0.5, 0.6) is 0 Å². The number of ether oxygens (including phenoxy) is 10. The minimum absolute atomic E-state index is 0.0121. The summed E-state index contributed by atoms with van der Waals surface area (Å²) in [5.74, 6) is -25.6. The molecule has 7 aliphatic carbocycles. The Morgan fingerprint density at radius 3 is 1.02 bits per heavy atom. The van der Waals surface area contributed by atoms with Gasteiger partial charge >= 0.3 is 119 Å². The maximum atomic E-state index is 11.9. The number of carbonyl (C=O) groups excluding carboxylic acids is 20. The Labute approximate surface area is 489 Å². The van der Waals surface area contributed by atoms with E-state index < -0.39 is 238 Å². The lowest BCUT2D eigenvalue weighted by molar-refractivity contribution is -0.158. The first kappa shape index (κ1) is 57.2. The van der Waals surface area contributed by atoms with Crippen LogP contribution in [0.3, 0.4) is 0 Å². The van der Waals surface area contributed by atoms with Gasteiger partial charge < -0.3 is 47.4 Å². The summed E-state index contributed by atoms with van der Waals surface area (Å²) in [4.78, 5) is 229. The van der Waals surface area contributed by atoms with E-state index in [1.165, 1.54) is 0 Å². The van der Waals surface area contributed by atoms with Gasteiger partial charge in [-0.3, -0.25) is 95.9 Å². The molecular formula is C58H42O30. The number of carbonyl (C=O) groups is 20. The van der Waals surface area contributed by atoms with Gasteiger partial charge in [-0.25, -0.2) is 0 Å². The lowest BCUT2D eigenvalue weighted by Crippen LogP contribution is -2.50. The van der Waals surface area contributed by atoms with Crippen molar-refractivity contribution in [2.24, 2.45) is 118 Å². The molecule has 16 unspecified atom stereocenters. The average Bonchev–Trinajstić information content (AvgIpc) is 1.54. The van der Waals surface area contributed by atoms with Gasteiger partial charge in [0, 0.05) is 11.8 Å². The third-order valence-electron chi connectivity index (χ3n) is 19.7. The molecule has 10 heterocycles. The SMILES string of the molecule is CC1=CC(C2CC(=O)OC2=O)CC2C(=O)OC(=O)C12.O=C1CC(C2CC3C(=O)OC(=O)C3c3ccccc32)C(=O)O1.O=C1OC(=O)C2C1C1C(=O)OC(=O)C21.O=C1OC(=O)C2C1CC1C(=O)OC(=O)C12.O=C1OC(=O)C2C3C=CC(C12)C1C(=O)OC(=O)C31. The summed E-state index contributed by atoms with van der Waals surface area (Å²) in [6.45, 7) is 1.74. The van der Waals surface area contributed by atoms with Gasteiger partial charge in [-0.05, 0) is 49.1 Å². The van der Waals surface area contributed by atoms with Crippen molar-refractivity contribution in [3.8, 4) is 0 Å². The smallest absolute Gasteiger partial charge is 0.321 e. The molecule has 1 aromatic rings. The van der Waals surface area contributed by atoms with E-state index in [0.717, 1.165) is 11.1 Å². The van der Waals surface area contributed by atoms with Gasteiger partial charge in [-0.1, -0.05) is 48.1 Å². The predicted molar refractivity (Wildman–Crippen MR) is 259 cm³/mol. The molecule has 16 atom stereocenters. The van der Waals surface area contributed by atoms with Crippen LogP contribution >= 0.6 is 0 Å². The van der Waals surface area contributed by atoms with E-state index in [2.05, 4.69) is 42.6 Å². The summed E-state index contributed by atoms with van der Waals surface area (Å²) in [7, 11) is 0. The van der Waals surface area contributed by atoms with Crippen LogP contribution in [0, 0.1) is 118 Å². The van der Waals surface area contributed by atoms with E-state index in [-0.39, 0.29) is 31.1 Å². The molecule has 13 fully saturated rings. The van der Waals surface area contributed by atoms with Crippen LogP contribution in [0.2, 0.25) is 0 Å². The Kier molecular flexibility index (Phi) is 13.4. The standard InChI is InChI=1S/C16H12O6.C13H12O6.C12H8O6.C9H6O6.C8H4O6/c17-12-6-10(14(18)21-12)9-5-11-13(16(20)22-15(11)19)8-4-2-1-3-7(8)9;1-5-2-6(7-4-9(14)18-11(7)15)3-8-10(5)13(17)19-12(8)16;13-9-5-3-1-2-4(7(5)11(15)17-9)8-6(3)10(14)18-12(8)16;10-6-2-1-3-5(4(2)8(12)14-6)9(13)15-7(3)11;9-5-1-2(6(10)13-5)4-3(1)7(11)14-8(4)12/h1-4,9-11,13H,5-6H2;2,6-8,10H,3-4H2,1H3;1-8H;2-5H,1H2;1-4H. The summed E-state index contributed by atoms with van der Waals surface area (Å²) in [6.07, 6.45) is 6.18. The van der Waals surface area contributed by atoms with Gasteiger partial charge in [0.1, 0.15) is 0 Å². The minimum Gasteiger partial charge on any atom is -0.393 e. The fourth-order valence-corrected chi connectivity index (χ4v) is 15.9. The Hall–Kier alpha value is -9.90. The Morgan fingerprint density at radius 1 is 0.284 bits per heavy atom. The molecule has 30 nitrogen and oxygen atoms in total. The number of cyclic esters (lactones) is 20. The normalized spacial score (nSPS) is 40.6.